The summed E-state index contributed by atoms with van der Waals surface area (Å²) in [6, 6.07) is 11.2. The zero-order valence-electron chi connectivity index (χ0n) is 16.3. The molecular formula is C22H17ClN2O5S. The van der Waals surface area contributed by atoms with Gasteiger partial charge < -0.3 is 14.4 Å². The summed E-state index contributed by atoms with van der Waals surface area (Å²) in [6.07, 6.45) is 2.29. The zero-order valence-corrected chi connectivity index (χ0v) is 17.9. The molecule has 3 aliphatic heterocycles. The molecule has 0 aromatic heterocycles. The predicted molar refractivity (Wildman–Crippen MR) is 116 cm³/mol. The Bertz CT molecular complexity index is 1150. The van der Waals surface area contributed by atoms with Gasteiger partial charge in [0.1, 0.15) is 6.54 Å². The summed E-state index contributed by atoms with van der Waals surface area (Å²) in [6.45, 7) is 0.871. The second-order valence-electron chi connectivity index (χ2n) is 7.33. The largest absolute Gasteiger partial charge is 0.454 e. The monoisotopic (exact) mass is 456 g/mol. The number of thioether (sulfide) groups is 1. The number of hydrogen-bond acceptors (Lipinski definition) is 6. The summed E-state index contributed by atoms with van der Waals surface area (Å²) < 4.78 is 10.6. The summed E-state index contributed by atoms with van der Waals surface area (Å²) in [5.74, 6) is 0.299. The molecule has 0 unspecified atom stereocenters. The quantitative estimate of drug-likeness (QED) is 0.656. The Hall–Kier alpha value is -2.97. The van der Waals surface area contributed by atoms with Crippen LogP contribution in [-0.2, 0) is 22.6 Å². The minimum Gasteiger partial charge on any atom is -0.454 e. The third-order valence-electron chi connectivity index (χ3n) is 5.43. The third kappa shape index (κ3) is 3.77. The van der Waals surface area contributed by atoms with Gasteiger partial charge >= 0.3 is 0 Å². The number of benzene rings is 2. The maximum Gasteiger partial charge on any atom is 0.294 e. The molecule has 5 rings (SSSR count). The Morgan fingerprint density at radius 2 is 1.87 bits per heavy atom. The first kappa shape index (κ1) is 20.0. The number of nitrogens with zero attached hydrogens (tertiary/aromatic N) is 2. The number of carbonyl (C=O) groups excluding carboxylic acids is 3. The Morgan fingerprint density at radius 1 is 1.13 bits per heavy atom. The van der Waals surface area contributed by atoms with E-state index in [9.17, 15) is 14.4 Å². The first-order chi connectivity index (χ1) is 15.0. The van der Waals surface area contributed by atoms with Crippen LogP contribution >= 0.6 is 23.4 Å². The summed E-state index contributed by atoms with van der Waals surface area (Å²) in [5.41, 5.74) is 2.85. The molecule has 0 radical (unpaired) electrons. The molecule has 2 aromatic rings. The number of imide groups is 1. The van der Waals surface area contributed by atoms with E-state index in [1.54, 1.807) is 17.0 Å². The van der Waals surface area contributed by atoms with Crippen molar-refractivity contribution in [1.82, 2.24) is 9.80 Å². The highest BCUT2D eigenvalue weighted by atomic mass is 35.5. The van der Waals surface area contributed by atoms with Crippen LogP contribution in [0.3, 0.4) is 0 Å². The molecule has 158 valence electrons. The summed E-state index contributed by atoms with van der Waals surface area (Å²) in [5, 5.41) is -0.0991. The van der Waals surface area contributed by atoms with Gasteiger partial charge in [0.2, 0.25) is 12.7 Å². The standard InChI is InChI=1S/C22H17ClN2O5S/c23-16-9-18-17(29-12-30-18)7-15(16)8-19-21(27)25(22(28)31-19)11-20(26)24-6-5-13-3-1-2-4-14(13)10-24/h1-4,7-9H,5-6,10-12H2/b19-8-. The van der Waals surface area contributed by atoms with Gasteiger partial charge in [0.15, 0.2) is 11.5 Å². The second kappa shape index (κ2) is 7.94. The van der Waals surface area contributed by atoms with Crippen molar-refractivity contribution in [3.05, 3.63) is 63.0 Å². The summed E-state index contributed by atoms with van der Waals surface area (Å²) in [7, 11) is 0. The summed E-state index contributed by atoms with van der Waals surface area (Å²) in [4.78, 5) is 41.0. The fraction of sp³-hybridized carbons (Fsp3) is 0.227. The molecule has 0 bridgehead atoms. The molecule has 3 amide bonds. The van der Waals surface area contributed by atoms with E-state index < -0.39 is 11.1 Å². The first-order valence-corrected chi connectivity index (χ1v) is 10.9. The normalized spacial score (nSPS) is 18.7. The number of fused-ring (bicyclic) bond motifs is 2. The Morgan fingerprint density at radius 3 is 2.68 bits per heavy atom. The van der Waals surface area contributed by atoms with Gasteiger partial charge in [-0.2, -0.15) is 0 Å². The van der Waals surface area contributed by atoms with Crippen LogP contribution in [0.2, 0.25) is 5.02 Å². The van der Waals surface area contributed by atoms with Gasteiger partial charge in [0.05, 0.1) is 9.93 Å². The lowest BCUT2D eigenvalue weighted by Crippen LogP contribution is -2.44. The van der Waals surface area contributed by atoms with Crippen molar-refractivity contribution in [2.45, 2.75) is 13.0 Å². The average molecular weight is 457 g/mol. The molecule has 2 aromatic carbocycles. The molecule has 1 saturated heterocycles. The minimum absolute atomic E-state index is 0.106. The zero-order chi connectivity index (χ0) is 21.5. The number of rotatable bonds is 3. The van der Waals surface area contributed by atoms with Crippen molar-refractivity contribution in [2.75, 3.05) is 19.9 Å². The van der Waals surface area contributed by atoms with Gasteiger partial charge in [-0.3, -0.25) is 19.3 Å². The SMILES string of the molecule is O=C(CN1C(=O)S/C(=C\c2cc3c(cc2Cl)OCO3)C1=O)N1CCc2ccccc2C1. The van der Waals surface area contributed by atoms with Gasteiger partial charge in [-0.15, -0.1) is 0 Å². The topological polar surface area (TPSA) is 76.1 Å². The first-order valence-electron chi connectivity index (χ1n) is 9.68. The Kier molecular flexibility index (Phi) is 5.11. The molecule has 0 aliphatic carbocycles. The fourth-order valence-corrected chi connectivity index (χ4v) is 4.80. The third-order valence-corrected chi connectivity index (χ3v) is 6.66. The predicted octanol–water partition coefficient (Wildman–Crippen LogP) is 3.69. The molecular weight excluding hydrogens is 440 g/mol. The highest BCUT2D eigenvalue weighted by Gasteiger charge is 2.37. The van der Waals surface area contributed by atoms with E-state index in [1.165, 1.54) is 11.6 Å². The van der Waals surface area contributed by atoms with Gasteiger partial charge in [-0.1, -0.05) is 35.9 Å². The van der Waals surface area contributed by atoms with E-state index in [4.69, 9.17) is 21.1 Å². The lowest BCUT2D eigenvalue weighted by Gasteiger charge is -2.29. The molecule has 0 atom stereocenters. The number of ether oxygens (including phenoxy) is 2. The smallest absolute Gasteiger partial charge is 0.294 e. The van der Waals surface area contributed by atoms with Crippen LogP contribution in [0.15, 0.2) is 41.3 Å². The lowest BCUT2D eigenvalue weighted by atomic mass is 10.00. The van der Waals surface area contributed by atoms with Crippen LogP contribution in [0, 0.1) is 0 Å². The van der Waals surface area contributed by atoms with E-state index in [0.717, 1.165) is 28.6 Å². The van der Waals surface area contributed by atoms with Crippen molar-refractivity contribution in [3.63, 3.8) is 0 Å². The van der Waals surface area contributed by atoms with Crippen molar-refractivity contribution in [1.29, 1.82) is 0 Å². The second-order valence-corrected chi connectivity index (χ2v) is 8.73. The molecule has 3 heterocycles. The van der Waals surface area contributed by atoms with Gasteiger partial charge in [0, 0.05) is 19.2 Å². The number of halogens is 1. The lowest BCUT2D eigenvalue weighted by molar-refractivity contribution is -0.136. The molecule has 1 fully saturated rings. The Labute approximate surface area is 187 Å². The van der Waals surface area contributed by atoms with E-state index >= 15 is 0 Å². The average Bonchev–Trinajstić information content (AvgIpc) is 3.32. The van der Waals surface area contributed by atoms with Crippen LogP contribution in [0.1, 0.15) is 16.7 Å². The van der Waals surface area contributed by atoms with Crippen LogP contribution in [0.5, 0.6) is 11.5 Å². The van der Waals surface area contributed by atoms with Crippen LogP contribution in [0.25, 0.3) is 6.08 Å². The molecule has 9 heteroatoms. The van der Waals surface area contributed by atoms with Crippen LogP contribution in [0.4, 0.5) is 4.79 Å². The molecule has 3 aliphatic rings. The Balaban J connectivity index is 1.31. The number of amides is 3. The van der Waals surface area contributed by atoms with E-state index in [0.29, 0.717) is 35.2 Å². The van der Waals surface area contributed by atoms with Gasteiger partial charge in [-0.05, 0) is 47.0 Å². The highest BCUT2D eigenvalue weighted by molar-refractivity contribution is 8.18. The van der Waals surface area contributed by atoms with E-state index in [2.05, 4.69) is 6.07 Å². The van der Waals surface area contributed by atoms with Crippen molar-refractivity contribution in [3.8, 4) is 11.5 Å². The number of carbonyl (C=O) groups is 3. The van der Waals surface area contributed by atoms with Crippen molar-refractivity contribution < 1.29 is 23.9 Å². The molecule has 0 saturated carbocycles. The van der Waals surface area contributed by atoms with Crippen LogP contribution in [-0.4, -0.2) is 46.7 Å². The maximum absolute atomic E-state index is 12.8. The maximum atomic E-state index is 12.8. The minimum atomic E-state index is -0.505. The van der Waals surface area contributed by atoms with E-state index in [1.807, 2.05) is 18.2 Å². The molecule has 31 heavy (non-hydrogen) atoms. The van der Waals surface area contributed by atoms with E-state index in [-0.39, 0.29) is 24.2 Å². The van der Waals surface area contributed by atoms with Crippen LogP contribution < -0.4 is 9.47 Å². The summed E-state index contributed by atoms with van der Waals surface area (Å²) >= 11 is 7.07. The highest BCUT2D eigenvalue weighted by Crippen LogP contribution is 2.39. The van der Waals surface area contributed by atoms with Gasteiger partial charge in [0.25, 0.3) is 11.1 Å². The molecule has 0 N–H and O–H groups in total. The van der Waals surface area contributed by atoms with Gasteiger partial charge in [-0.25, -0.2) is 0 Å². The number of hydrogen-bond donors (Lipinski definition) is 0. The van der Waals surface area contributed by atoms with Crippen molar-refractivity contribution >= 4 is 46.5 Å². The van der Waals surface area contributed by atoms with Crippen molar-refractivity contribution in [2.24, 2.45) is 0 Å². The fourth-order valence-electron chi connectivity index (χ4n) is 3.76. The molecule has 7 nitrogen and oxygen atoms in total. The molecule has 0 spiro atoms.